The van der Waals surface area contributed by atoms with Crippen molar-refractivity contribution in [1.82, 2.24) is 20.5 Å². The van der Waals surface area contributed by atoms with Crippen LogP contribution in [0.25, 0.3) is 0 Å². The minimum Gasteiger partial charge on any atom is -0.379 e. The Labute approximate surface area is 169 Å². The lowest BCUT2D eigenvalue weighted by atomic mass is 10.2. The van der Waals surface area contributed by atoms with E-state index >= 15 is 0 Å². The number of nitrogens with one attached hydrogen (secondary N) is 2. The number of aryl methyl sites for hydroxylation is 2. The number of hydrogen-bond donors (Lipinski definition) is 2. The van der Waals surface area contributed by atoms with Gasteiger partial charge in [0.2, 0.25) is 0 Å². The SMILES string of the molecule is CN=C(NCCCc1nc(C)cs1)NCC(c1cccs1)N1CCOCC1. The third-order valence-electron chi connectivity index (χ3n) is 4.57. The summed E-state index contributed by atoms with van der Waals surface area (Å²) in [6, 6.07) is 4.70. The molecule has 1 aliphatic rings. The number of guanidine groups is 1. The molecule has 3 heterocycles. The van der Waals surface area contributed by atoms with Gasteiger partial charge < -0.3 is 15.4 Å². The molecular formula is C19H29N5OS2. The van der Waals surface area contributed by atoms with E-state index in [1.54, 1.807) is 11.3 Å². The normalized spacial score (nSPS) is 17.0. The van der Waals surface area contributed by atoms with E-state index in [4.69, 9.17) is 4.74 Å². The maximum absolute atomic E-state index is 5.52. The smallest absolute Gasteiger partial charge is 0.191 e. The summed E-state index contributed by atoms with van der Waals surface area (Å²) in [6.07, 6.45) is 2.06. The molecule has 0 bridgehead atoms. The van der Waals surface area contributed by atoms with Crippen LogP contribution in [-0.2, 0) is 11.2 Å². The molecule has 8 heteroatoms. The Kier molecular flexibility index (Phi) is 8.07. The van der Waals surface area contributed by atoms with Gasteiger partial charge in [0, 0.05) is 55.6 Å². The number of thiophene rings is 1. The molecule has 0 aromatic carbocycles. The van der Waals surface area contributed by atoms with Gasteiger partial charge in [-0.05, 0) is 24.8 Å². The highest BCUT2D eigenvalue weighted by atomic mass is 32.1. The van der Waals surface area contributed by atoms with Crippen LogP contribution in [0.3, 0.4) is 0 Å². The molecule has 6 nitrogen and oxygen atoms in total. The van der Waals surface area contributed by atoms with Gasteiger partial charge in [-0.3, -0.25) is 9.89 Å². The molecule has 0 amide bonds. The number of rotatable bonds is 8. The van der Waals surface area contributed by atoms with Gasteiger partial charge in [0.05, 0.1) is 24.3 Å². The van der Waals surface area contributed by atoms with Crippen LogP contribution in [0, 0.1) is 6.92 Å². The predicted molar refractivity (Wildman–Crippen MR) is 114 cm³/mol. The third-order valence-corrected chi connectivity index (χ3v) is 6.57. The summed E-state index contributed by atoms with van der Waals surface area (Å²) < 4.78 is 5.52. The Bertz CT molecular complexity index is 695. The average molecular weight is 408 g/mol. The molecule has 2 aromatic heterocycles. The Morgan fingerprint density at radius 1 is 1.33 bits per heavy atom. The van der Waals surface area contributed by atoms with E-state index in [1.165, 1.54) is 9.88 Å². The van der Waals surface area contributed by atoms with Crippen molar-refractivity contribution < 1.29 is 4.74 Å². The maximum Gasteiger partial charge on any atom is 0.191 e. The first-order valence-corrected chi connectivity index (χ1v) is 11.2. The molecular weight excluding hydrogens is 378 g/mol. The second-order valence-electron chi connectivity index (χ2n) is 6.55. The molecule has 1 atom stereocenters. The zero-order valence-corrected chi connectivity index (χ0v) is 17.7. The predicted octanol–water partition coefficient (Wildman–Crippen LogP) is 2.68. The molecule has 1 unspecified atom stereocenters. The number of morpholine rings is 1. The molecule has 0 aliphatic carbocycles. The molecule has 148 valence electrons. The number of ether oxygens (including phenoxy) is 1. The van der Waals surface area contributed by atoms with Crippen LogP contribution in [0.4, 0.5) is 0 Å². The summed E-state index contributed by atoms with van der Waals surface area (Å²) in [6.45, 7) is 7.34. The summed E-state index contributed by atoms with van der Waals surface area (Å²) in [5.74, 6) is 0.861. The average Bonchev–Trinajstić information content (AvgIpc) is 3.36. The van der Waals surface area contributed by atoms with Crippen LogP contribution >= 0.6 is 22.7 Å². The van der Waals surface area contributed by atoms with Gasteiger partial charge >= 0.3 is 0 Å². The highest BCUT2D eigenvalue weighted by Crippen LogP contribution is 2.25. The van der Waals surface area contributed by atoms with E-state index in [2.05, 4.69) is 48.4 Å². The fraction of sp³-hybridized carbons (Fsp3) is 0.579. The number of nitrogens with zero attached hydrogens (tertiary/aromatic N) is 3. The Morgan fingerprint density at radius 2 is 2.19 bits per heavy atom. The van der Waals surface area contributed by atoms with E-state index in [-0.39, 0.29) is 0 Å². The minimum atomic E-state index is 0.353. The molecule has 1 fully saturated rings. The van der Waals surface area contributed by atoms with Crippen molar-refractivity contribution in [2.45, 2.75) is 25.8 Å². The zero-order valence-electron chi connectivity index (χ0n) is 16.1. The van der Waals surface area contributed by atoms with Gasteiger partial charge in [0.25, 0.3) is 0 Å². The fourth-order valence-corrected chi connectivity index (χ4v) is 4.84. The van der Waals surface area contributed by atoms with Crippen molar-refractivity contribution in [2.75, 3.05) is 46.4 Å². The summed E-state index contributed by atoms with van der Waals surface area (Å²) in [5.41, 5.74) is 1.11. The van der Waals surface area contributed by atoms with Gasteiger partial charge in [-0.1, -0.05) is 6.07 Å². The van der Waals surface area contributed by atoms with E-state index in [9.17, 15) is 0 Å². The van der Waals surface area contributed by atoms with Crippen molar-refractivity contribution >= 4 is 28.6 Å². The molecule has 1 saturated heterocycles. The van der Waals surface area contributed by atoms with Gasteiger partial charge in [0.15, 0.2) is 5.96 Å². The van der Waals surface area contributed by atoms with Gasteiger partial charge in [0.1, 0.15) is 0 Å². The second kappa shape index (κ2) is 10.8. The summed E-state index contributed by atoms with van der Waals surface area (Å²) >= 11 is 3.56. The summed E-state index contributed by atoms with van der Waals surface area (Å²) in [7, 11) is 1.83. The van der Waals surface area contributed by atoms with E-state index in [1.807, 2.05) is 25.3 Å². The highest BCUT2D eigenvalue weighted by molar-refractivity contribution is 7.10. The molecule has 0 saturated carbocycles. The van der Waals surface area contributed by atoms with Gasteiger partial charge in [-0.25, -0.2) is 4.98 Å². The Hall–Kier alpha value is -1.48. The summed E-state index contributed by atoms with van der Waals surface area (Å²) in [4.78, 5) is 12.8. The number of thiazole rings is 1. The first-order valence-electron chi connectivity index (χ1n) is 9.47. The van der Waals surface area contributed by atoms with Crippen LogP contribution in [0.2, 0.25) is 0 Å². The molecule has 2 aromatic rings. The number of hydrogen-bond acceptors (Lipinski definition) is 6. The lowest BCUT2D eigenvalue weighted by Crippen LogP contribution is -2.46. The van der Waals surface area contributed by atoms with Crippen molar-refractivity contribution in [1.29, 1.82) is 0 Å². The molecule has 2 N–H and O–H groups in total. The zero-order chi connectivity index (χ0) is 18.9. The van der Waals surface area contributed by atoms with Crippen molar-refractivity contribution in [3.8, 4) is 0 Å². The van der Waals surface area contributed by atoms with Crippen LogP contribution < -0.4 is 10.6 Å². The van der Waals surface area contributed by atoms with E-state index in [0.29, 0.717) is 6.04 Å². The van der Waals surface area contributed by atoms with E-state index < -0.39 is 0 Å². The fourth-order valence-electron chi connectivity index (χ4n) is 3.16. The molecule has 1 aliphatic heterocycles. The van der Waals surface area contributed by atoms with Crippen LogP contribution in [0.1, 0.15) is 28.0 Å². The third kappa shape index (κ3) is 6.27. The lowest BCUT2D eigenvalue weighted by molar-refractivity contribution is 0.0177. The highest BCUT2D eigenvalue weighted by Gasteiger charge is 2.23. The van der Waals surface area contributed by atoms with Crippen molar-refractivity contribution in [3.05, 3.63) is 38.5 Å². The van der Waals surface area contributed by atoms with Crippen molar-refractivity contribution in [3.63, 3.8) is 0 Å². The van der Waals surface area contributed by atoms with Crippen LogP contribution in [0.15, 0.2) is 27.9 Å². The molecule has 3 rings (SSSR count). The number of aliphatic imine (C=N–C) groups is 1. The maximum atomic E-state index is 5.52. The largest absolute Gasteiger partial charge is 0.379 e. The quantitative estimate of drug-likeness (QED) is 0.400. The Balaban J connectivity index is 1.46. The van der Waals surface area contributed by atoms with E-state index in [0.717, 1.165) is 63.9 Å². The second-order valence-corrected chi connectivity index (χ2v) is 8.47. The molecule has 27 heavy (non-hydrogen) atoms. The standard InChI is InChI=1S/C19H29N5OS2/c1-15-14-27-18(23-15)6-3-7-21-19(20-2)22-13-16(17-5-4-12-26-17)24-8-10-25-11-9-24/h4-5,12,14,16H,3,6-11,13H2,1-2H3,(H2,20,21,22). The van der Waals surface area contributed by atoms with Crippen molar-refractivity contribution in [2.24, 2.45) is 4.99 Å². The molecule has 0 radical (unpaired) electrons. The summed E-state index contributed by atoms with van der Waals surface area (Å²) in [5, 5.41) is 12.4. The Morgan fingerprint density at radius 3 is 2.85 bits per heavy atom. The number of aromatic nitrogens is 1. The minimum absolute atomic E-state index is 0.353. The monoisotopic (exact) mass is 407 g/mol. The first-order chi connectivity index (χ1) is 13.3. The van der Waals surface area contributed by atoms with Gasteiger partial charge in [-0.2, -0.15) is 0 Å². The van der Waals surface area contributed by atoms with Gasteiger partial charge in [-0.15, -0.1) is 22.7 Å². The van der Waals surface area contributed by atoms with Crippen LogP contribution in [-0.4, -0.2) is 62.3 Å². The first kappa shape index (κ1) is 20.3. The van der Waals surface area contributed by atoms with Crippen LogP contribution in [0.5, 0.6) is 0 Å². The lowest BCUT2D eigenvalue weighted by Gasteiger charge is -2.34. The topological polar surface area (TPSA) is 61.8 Å². The molecule has 0 spiro atoms.